The minimum atomic E-state index is -0.622. The van der Waals surface area contributed by atoms with Crippen molar-refractivity contribution in [2.45, 2.75) is 19.1 Å². The molecular weight excluding hydrogens is 225 g/mol. The first kappa shape index (κ1) is 13.9. The maximum atomic E-state index is 13.0. The number of hydrogen-bond donors (Lipinski definition) is 3. The highest BCUT2D eigenvalue weighted by atomic mass is 19.1. The number of halogens is 1. The van der Waals surface area contributed by atoms with Crippen LogP contribution in [0.15, 0.2) is 18.2 Å². The van der Waals surface area contributed by atoms with Gasteiger partial charge in [0.15, 0.2) is 11.6 Å². The smallest absolute Gasteiger partial charge is 0.165 e. The molecule has 0 saturated heterocycles. The van der Waals surface area contributed by atoms with Gasteiger partial charge in [-0.25, -0.2) is 4.39 Å². The van der Waals surface area contributed by atoms with Gasteiger partial charge in [-0.1, -0.05) is 6.07 Å². The largest absolute Gasteiger partial charge is 0.505 e. The summed E-state index contributed by atoms with van der Waals surface area (Å²) >= 11 is 0. The molecule has 0 spiro atoms. The van der Waals surface area contributed by atoms with Gasteiger partial charge in [-0.05, 0) is 30.7 Å². The van der Waals surface area contributed by atoms with Crippen molar-refractivity contribution in [2.24, 2.45) is 0 Å². The Morgan fingerprint density at radius 1 is 1.47 bits per heavy atom. The molecule has 3 N–H and O–H groups in total. The summed E-state index contributed by atoms with van der Waals surface area (Å²) in [5.41, 5.74) is 0.751. The molecule has 0 fully saturated rings. The van der Waals surface area contributed by atoms with Crippen molar-refractivity contribution in [3.05, 3.63) is 29.6 Å². The number of phenolic OH excluding ortho intramolecular Hbond substituents is 1. The number of phenols is 1. The molecule has 5 heteroatoms. The quantitative estimate of drug-likeness (QED) is 0.626. The summed E-state index contributed by atoms with van der Waals surface area (Å²) < 4.78 is 17.8. The first-order valence-electron chi connectivity index (χ1n) is 5.48. The fraction of sp³-hybridized carbons (Fsp3) is 0.500. The molecule has 1 rings (SSSR count). The molecule has 0 amide bonds. The van der Waals surface area contributed by atoms with Gasteiger partial charge in [0, 0.05) is 13.7 Å². The second kappa shape index (κ2) is 7.21. The summed E-state index contributed by atoms with van der Waals surface area (Å²) in [5.74, 6) is -0.965. The van der Waals surface area contributed by atoms with Crippen molar-refractivity contribution >= 4 is 0 Å². The average molecular weight is 243 g/mol. The molecule has 0 radical (unpaired) electrons. The monoisotopic (exact) mass is 243 g/mol. The highest BCUT2D eigenvalue weighted by Gasteiger charge is 2.03. The van der Waals surface area contributed by atoms with Crippen LogP contribution < -0.4 is 5.32 Å². The second-order valence-electron chi connectivity index (χ2n) is 3.86. The predicted octanol–water partition coefficient (Wildman–Crippen LogP) is 1.02. The van der Waals surface area contributed by atoms with E-state index < -0.39 is 11.9 Å². The van der Waals surface area contributed by atoms with Gasteiger partial charge in [-0.15, -0.1) is 0 Å². The number of hydrogen-bond acceptors (Lipinski definition) is 4. The Morgan fingerprint density at radius 2 is 2.24 bits per heavy atom. The first-order chi connectivity index (χ1) is 8.13. The molecular formula is C12H18FNO3. The van der Waals surface area contributed by atoms with Crippen molar-refractivity contribution in [3.63, 3.8) is 0 Å². The van der Waals surface area contributed by atoms with Gasteiger partial charge < -0.3 is 20.3 Å². The van der Waals surface area contributed by atoms with E-state index in [0.29, 0.717) is 26.1 Å². The summed E-state index contributed by atoms with van der Waals surface area (Å²) in [6.07, 6.45) is 0.0954. The van der Waals surface area contributed by atoms with E-state index >= 15 is 0 Å². The third kappa shape index (κ3) is 5.12. The van der Waals surface area contributed by atoms with Crippen LogP contribution in [0.5, 0.6) is 5.75 Å². The number of aliphatic hydroxyl groups is 1. The molecule has 0 aliphatic carbocycles. The zero-order valence-corrected chi connectivity index (χ0v) is 9.82. The van der Waals surface area contributed by atoms with E-state index in [0.717, 1.165) is 5.56 Å². The highest BCUT2D eigenvalue weighted by molar-refractivity contribution is 5.27. The Balaban J connectivity index is 2.24. The van der Waals surface area contributed by atoms with Crippen LogP contribution in [-0.2, 0) is 11.3 Å². The Labute approximate surface area is 100 Å². The van der Waals surface area contributed by atoms with Crippen LogP contribution in [0.4, 0.5) is 4.39 Å². The number of benzene rings is 1. The Hall–Kier alpha value is -1.17. The fourth-order valence-corrected chi connectivity index (χ4v) is 1.44. The molecule has 0 saturated carbocycles. The molecule has 17 heavy (non-hydrogen) atoms. The number of aromatic hydroxyl groups is 1. The predicted molar refractivity (Wildman–Crippen MR) is 62.3 cm³/mol. The van der Waals surface area contributed by atoms with Gasteiger partial charge in [0.1, 0.15) is 0 Å². The van der Waals surface area contributed by atoms with E-state index in [4.69, 9.17) is 9.84 Å². The van der Waals surface area contributed by atoms with Crippen LogP contribution in [0.2, 0.25) is 0 Å². The van der Waals surface area contributed by atoms with Gasteiger partial charge in [0.05, 0.1) is 12.7 Å². The second-order valence-corrected chi connectivity index (χ2v) is 3.86. The lowest BCUT2D eigenvalue weighted by Gasteiger charge is -2.10. The molecule has 0 aliphatic rings. The molecule has 1 aromatic rings. The van der Waals surface area contributed by atoms with E-state index in [9.17, 15) is 9.50 Å². The van der Waals surface area contributed by atoms with Crippen LogP contribution >= 0.6 is 0 Å². The van der Waals surface area contributed by atoms with Crippen LogP contribution in [0.1, 0.15) is 12.0 Å². The standard InChI is InChI=1S/C12H18FNO3/c1-17-8-10(15)4-5-14-7-9-2-3-12(16)11(13)6-9/h2-3,6,10,14-16H,4-5,7-8H2,1H3. The molecule has 0 bridgehead atoms. The van der Waals surface area contributed by atoms with Gasteiger partial charge in [-0.3, -0.25) is 0 Å². The SMILES string of the molecule is COCC(O)CCNCc1ccc(O)c(F)c1. The molecule has 96 valence electrons. The Kier molecular flexibility index (Phi) is 5.90. The number of methoxy groups -OCH3 is 1. The van der Waals surface area contributed by atoms with Crippen LogP contribution in [0.3, 0.4) is 0 Å². The van der Waals surface area contributed by atoms with Crippen molar-refractivity contribution in [1.29, 1.82) is 0 Å². The fourth-order valence-electron chi connectivity index (χ4n) is 1.44. The summed E-state index contributed by atoms with van der Waals surface area (Å²) in [4.78, 5) is 0. The minimum absolute atomic E-state index is 0.315. The number of aliphatic hydroxyl groups excluding tert-OH is 1. The third-order valence-corrected chi connectivity index (χ3v) is 2.35. The first-order valence-corrected chi connectivity index (χ1v) is 5.48. The van der Waals surface area contributed by atoms with Gasteiger partial charge in [0.25, 0.3) is 0 Å². The van der Waals surface area contributed by atoms with Gasteiger partial charge in [-0.2, -0.15) is 0 Å². The molecule has 0 heterocycles. The van der Waals surface area contributed by atoms with E-state index in [2.05, 4.69) is 5.32 Å². The highest BCUT2D eigenvalue weighted by Crippen LogP contribution is 2.15. The molecule has 4 nitrogen and oxygen atoms in total. The van der Waals surface area contributed by atoms with E-state index in [1.807, 2.05) is 0 Å². The molecule has 1 unspecified atom stereocenters. The summed E-state index contributed by atoms with van der Waals surface area (Å²) in [5, 5.41) is 21.4. The Morgan fingerprint density at radius 3 is 2.88 bits per heavy atom. The third-order valence-electron chi connectivity index (χ3n) is 2.35. The lowest BCUT2D eigenvalue weighted by molar-refractivity contribution is 0.0594. The lowest BCUT2D eigenvalue weighted by atomic mass is 10.2. The lowest BCUT2D eigenvalue weighted by Crippen LogP contribution is -2.23. The number of rotatable bonds is 7. The average Bonchev–Trinajstić information content (AvgIpc) is 2.29. The molecule has 1 atom stereocenters. The van der Waals surface area contributed by atoms with Gasteiger partial charge in [0.2, 0.25) is 0 Å². The van der Waals surface area contributed by atoms with Crippen LogP contribution in [-0.4, -0.2) is 36.6 Å². The van der Waals surface area contributed by atoms with Crippen molar-refractivity contribution < 1.29 is 19.3 Å². The maximum absolute atomic E-state index is 13.0. The minimum Gasteiger partial charge on any atom is -0.505 e. The van der Waals surface area contributed by atoms with Crippen LogP contribution in [0, 0.1) is 5.82 Å². The zero-order valence-electron chi connectivity index (χ0n) is 9.82. The number of ether oxygens (including phenoxy) is 1. The normalized spacial score (nSPS) is 12.6. The van der Waals surface area contributed by atoms with Gasteiger partial charge >= 0.3 is 0 Å². The zero-order chi connectivity index (χ0) is 12.7. The molecule has 0 aromatic heterocycles. The molecule has 1 aromatic carbocycles. The van der Waals surface area contributed by atoms with Crippen molar-refractivity contribution in [3.8, 4) is 5.75 Å². The summed E-state index contributed by atoms with van der Waals surface area (Å²) in [7, 11) is 1.54. The van der Waals surface area contributed by atoms with E-state index in [1.54, 1.807) is 6.07 Å². The number of nitrogens with one attached hydrogen (secondary N) is 1. The summed E-state index contributed by atoms with van der Waals surface area (Å²) in [6.45, 7) is 1.43. The summed E-state index contributed by atoms with van der Waals surface area (Å²) in [6, 6.07) is 4.26. The topological polar surface area (TPSA) is 61.7 Å². The maximum Gasteiger partial charge on any atom is 0.165 e. The van der Waals surface area contributed by atoms with Crippen LogP contribution in [0.25, 0.3) is 0 Å². The Bertz CT molecular complexity index is 347. The molecule has 0 aliphatic heterocycles. The van der Waals surface area contributed by atoms with E-state index in [-0.39, 0.29) is 5.75 Å². The van der Waals surface area contributed by atoms with Crippen molar-refractivity contribution in [2.75, 3.05) is 20.3 Å². The van der Waals surface area contributed by atoms with E-state index in [1.165, 1.54) is 19.2 Å². The van der Waals surface area contributed by atoms with Crippen molar-refractivity contribution in [1.82, 2.24) is 5.32 Å².